The molecule has 0 aromatic heterocycles. The summed E-state index contributed by atoms with van der Waals surface area (Å²) in [6.07, 6.45) is 1.47. The van der Waals surface area contributed by atoms with Gasteiger partial charge < -0.3 is 4.90 Å². The highest BCUT2D eigenvalue weighted by Gasteiger charge is 2.20. The number of hydrogen-bond donors (Lipinski definition) is 2. The van der Waals surface area contributed by atoms with Gasteiger partial charge in [0.25, 0.3) is 11.8 Å². The molecular weight excluding hydrogens is 330 g/mol. The van der Waals surface area contributed by atoms with Crippen molar-refractivity contribution in [2.75, 3.05) is 6.54 Å². The van der Waals surface area contributed by atoms with E-state index >= 15 is 0 Å². The SMILES string of the molecule is Cc1ccc(C(=O)NNC(=O)c2cccc(CN3CCCC3=O)c2)cc1. The molecule has 0 radical (unpaired) electrons. The van der Waals surface area contributed by atoms with Crippen molar-refractivity contribution in [1.29, 1.82) is 0 Å². The fourth-order valence-electron chi connectivity index (χ4n) is 2.87. The lowest BCUT2D eigenvalue weighted by molar-refractivity contribution is -0.128. The monoisotopic (exact) mass is 351 g/mol. The largest absolute Gasteiger partial charge is 0.338 e. The Hall–Kier alpha value is -3.15. The van der Waals surface area contributed by atoms with Crippen LogP contribution in [-0.4, -0.2) is 29.2 Å². The van der Waals surface area contributed by atoms with E-state index in [9.17, 15) is 14.4 Å². The van der Waals surface area contributed by atoms with Crippen molar-refractivity contribution < 1.29 is 14.4 Å². The lowest BCUT2D eigenvalue weighted by atomic mass is 10.1. The summed E-state index contributed by atoms with van der Waals surface area (Å²) in [7, 11) is 0. The first-order chi connectivity index (χ1) is 12.5. The summed E-state index contributed by atoms with van der Waals surface area (Å²) < 4.78 is 0. The highest BCUT2D eigenvalue weighted by molar-refractivity contribution is 5.99. The van der Waals surface area contributed by atoms with E-state index in [0.29, 0.717) is 24.1 Å². The minimum absolute atomic E-state index is 0.144. The number of hydrazine groups is 1. The molecular formula is C20H21N3O3. The molecule has 0 aliphatic carbocycles. The molecule has 3 amide bonds. The third kappa shape index (κ3) is 4.27. The minimum Gasteiger partial charge on any atom is -0.338 e. The molecule has 1 fully saturated rings. The maximum atomic E-state index is 12.3. The Kier molecular flexibility index (Phi) is 5.31. The lowest BCUT2D eigenvalue weighted by Gasteiger charge is -2.16. The second-order valence-electron chi connectivity index (χ2n) is 6.39. The molecule has 26 heavy (non-hydrogen) atoms. The topological polar surface area (TPSA) is 78.5 Å². The molecule has 6 heteroatoms. The molecule has 1 aliphatic rings. The number of hydrogen-bond acceptors (Lipinski definition) is 3. The van der Waals surface area contributed by atoms with Gasteiger partial charge in [-0.3, -0.25) is 25.2 Å². The fourth-order valence-corrected chi connectivity index (χ4v) is 2.87. The summed E-state index contributed by atoms with van der Waals surface area (Å²) in [4.78, 5) is 37.9. The van der Waals surface area contributed by atoms with Crippen LogP contribution in [0.2, 0.25) is 0 Å². The van der Waals surface area contributed by atoms with Crippen molar-refractivity contribution in [3.05, 3.63) is 70.8 Å². The molecule has 3 rings (SSSR count). The van der Waals surface area contributed by atoms with Gasteiger partial charge in [-0.1, -0.05) is 29.8 Å². The van der Waals surface area contributed by atoms with E-state index < -0.39 is 5.91 Å². The number of nitrogens with zero attached hydrogens (tertiary/aromatic N) is 1. The van der Waals surface area contributed by atoms with Crippen LogP contribution >= 0.6 is 0 Å². The summed E-state index contributed by atoms with van der Waals surface area (Å²) >= 11 is 0. The first kappa shape index (κ1) is 17.7. The van der Waals surface area contributed by atoms with Gasteiger partial charge in [-0.2, -0.15) is 0 Å². The molecule has 2 aromatic rings. The third-order valence-corrected chi connectivity index (χ3v) is 4.34. The van der Waals surface area contributed by atoms with Crippen LogP contribution in [0.1, 0.15) is 44.7 Å². The molecule has 0 bridgehead atoms. The van der Waals surface area contributed by atoms with Crippen LogP contribution in [0.5, 0.6) is 0 Å². The van der Waals surface area contributed by atoms with Crippen molar-refractivity contribution in [1.82, 2.24) is 15.8 Å². The van der Waals surface area contributed by atoms with Crippen molar-refractivity contribution >= 4 is 17.7 Å². The van der Waals surface area contributed by atoms with Gasteiger partial charge in [0.1, 0.15) is 0 Å². The van der Waals surface area contributed by atoms with Gasteiger partial charge in [-0.25, -0.2) is 0 Å². The zero-order valence-corrected chi connectivity index (χ0v) is 14.6. The maximum absolute atomic E-state index is 12.3. The summed E-state index contributed by atoms with van der Waals surface area (Å²) in [6.45, 7) is 3.18. The van der Waals surface area contributed by atoms with E-state index in [-0.39, 0.29) is 11.8 Å². The van der Waals surface area contributed by atoms with Crippen LogP contribution in [-0.2, 0) is 11.3 Å². The van der Waals surface area contributed by atoms with Crippen LogP contribution in [0.25, 0.3) is 0 Å². The Balaban J connectivity index is 1.59. The van der Waals surface area contributed by atoms with Gasteiger partial charge in [-0.05, 0) is 43.2 Å². The van der Waals surface area contributed by atoms with Crippen LogP contribution in [0.4, 0.5) is 0 Å². The lowest BCUT2D eigenvalue weighted by Crippen LogP contribution is -2.41. The minimum atomic E-state index is -0.403. The Morgan fingerprint density at radius 1 is 1.00 bits per heavy atom. The van der Waals surface area contributed by atoms with E-state index in [1.807, 2.05) is 25.1 Å². The van der Waals surface area contributed by atoms with E-state index in [4.69, 9.17) is 0 Å². The highest BCUT2D eigenvalue weighted by Crippen LogP contribution is 2.15. The van der Waals surface area contributed by atoms with E-state index in [1.54, 1.807) is 35.2 Å². The predicted molar refractivity (Wildman–Crippen MR) is 97.2 cm³/mol. The van der Waals surface area contributed by atoms with Crippen molar-refractivity contribution in [2.24, 2.45) is 0 Å². The van der Waals surface area contributed by atoms with Gasteiger partial charge in [0, 0.05) is 30.6 Å². The summed E-state index contributed by atoms with van der Waals surface area (Å²) in [5, 5.41) is 0. The number of likely N-dealkylation sites (tertiary alicyclic amines) is 1. The number of amides is 3. The number of rotatable bonds is 4. The number of carbonyl (C=O) groups is 3. The van der Waals surface area contributed by atoms with Crippen LogP contribution in [0, 0.1) is 6.92 Å². The van der Waals surface area contributed by atoms with E-state index in [2.05, 4.69) is 10.9 Å². The quantitative estimate of drug-likeness (QED) is 0.829. The second-order valence-corrected chi connectivity index (χ2v) is 6.39. The van der Waals surface area contributed by atoms with Gasteiger partial charge >= 0.3 is 0 Å². The van der Waals surface area contributed by atoms with Gasteiger partial charge in [0.05, 0.1) is 0 Å². The molecule has 2 aromatic carbocycles. The average molecular weight is 351 g/mol. The Morgan fingerprint density at radius 2 is 1.69 bits per heavy atom. The van der Waals surface area contributed by atoms with E-state index in [1.165, 1.54) is 0 Å². The molecule has 0 unspecified atom stereocenters. The molecule has 0 saturated carbocycles. The van der Waals surface area contributed by atoms with Crippen molar-refractivity contribution in [2.45, 2.75) is 26.3 Å². The molecule has 134 valence electrons. The Labute approximate surface area is 152 Å². The zero-order valence-electron chi connectivity index (χ0n) is 14.6. The zero-order chi connectivity index (χ0) is 18.5. The van der Waals surface area contributed by atoms with Crippen LogP contribution in [0.15, 0.2) is 48.5 Å². The highest BCUT2D eigenvalue weighted by atomic mass is 16.2. The van der Waals surface area contributed by atoms with Crippen molar-refractivity contribution in [3.8, 4) is 0 Å². The number of benzene rings is 2. The molecule has 1 saturated heterocycles. The normalized spacial score (nSPS) is 13.6. The fraction of sp³-hybridized carbons (Fsp3) is 0.250. The second kappa shape index (κ2) is 7.82. The predicted octanol–water partition coefficient (Wildman–Crippen LogP) is 2.19. The van der Waals surface area contributed by atoms with E-state index in [0.717, 1.165) is 24.1 Å². The van der Waals surface area contributed by atoms with Gasteiger partial charge in [-0.15, -0.1) is 0 Å². The summed E-state index contributed by atoms with van der Waals surface area (Å²) in [6, 6.07) is 14.1. The molecule has 0 atom stereocenters. The first-order valence-electron chi connectivity index (χ1n) is 8.57. The van der Waals surface area contributed by atoms with Crippen LogP contribution < -0.4 is 10.9 Å². The molecule has 1 heterocycles. The standard InChI is InChI=1S/C20H21N3O3/c1-14-7-9-16(10-8-14)19(25)21-22-20(26)17-5-2-4-15(12-17)13-23-11-3-6-18(23)24/h2,4-5,7-10,12H,3,6,11,13H2,1H3,(H,21,25)(H,22,26). The molecule has 1 aliphatic heterocycles. The third-order valence-electron chi connectivity index (χ3n) is 4.34. The maximum Gasteiger partial charge on any atom is 0.269 e. The van der Waals surface area contributed by atoms with Gasteiger partial charge in [0.15, 0.2) is 0 Å². The molecule has 2 N–H and O–H groups in total. The first-order valence-corrected chi connectivity index (χ1v) is 8.57. The average Bonchev–Trinajstić information content (AvgIpc) is 3.05. The molecule has 0 spiro atoms. The summed E-state index contributed by atoms with van der Waals surface area (Å²) in [5.74, 6) is -0.637. The van der Waals surface area contributed by atoms with Crippen LogP contribution in [0.3, 0.4) is 0 Å². The number of nitrogens with one attached hydrogen (secondary N) is 2. The van der Waals surface area contributed by atoms with Gasteiger partial charge in [0.2, 0.25) is 5.91 Å². The smallest absolute Gasteiger partial charge is 0.269 e. The van der Waals surface area contributed by atoms with Crippen molar-refractivity contribution in [3.63, 3.8) is 0 Å². The Morgan fingerprint density at radius 3 is 2.35 bits per heavy atom. The molecule has 6 nitrogen and oxygen atoms in total. The number of carbonyl (C=O) groups excluding carboxylic acids is 3. The summed E-state index contributed by atoms with van der Waals surface area (Å²) in [5.41, 5.74) is 7.68. The Bertz CT molecular complexity index is 830. The number of aryl methyl sites for hydroxylation is 1.